The normalized spacial score (nSPS) is 19.4. The molecule has 0 amide bonds. The van der Waals surface area contributed by atoms with Crippen LogP contribution in [0.2, 0.25) is 0 Å². The van der Waals surface area contributed by atoms with E-state index in [1.165, 1.54) is 27.9 Å². The molecule has 0 saturated carbocycles. The molecule has 1 N–H and O–H groups in total. The molecule has 0 bridgehead atoms. The lowest BCUT2D eigenvalue weighted by molar-refractivity contribution is 0.220. The molecule has 1 nitrogen and oxygen atoms in total. The number of aliphatic hydroxyl groups is 1. The monoisotopic (exact) mass is 304 g/mol. The van der Waals surface area contributed by atoms with Gasteiger partial charge in [-0.1, -0.05) is 67.1 Å². The Hall–Kier alpha value is -2.12. The van der Waals surface area contributed by atoms with Gasteiger partial charge in [0.05, 0.1) is 0 Å². The second-order valence-electron chi connectivity index (χ2n) is 6.47. The molecule has 2 aromatic rings. The highest BCUT2D eigenvalue weighted by Gasteiger charge is 2.27. The van der Waals surface area contributed by atoms with Gasteiger partial charge in [-0.25, -0.2) is 0 Å². The van der Waals surface area contributed by atoms with Gasteiger partial charge in [0.25, 0.3) is 0 Å². The first-order chi connectivity index (χ1) is 11.0. The van der Waals surface area contributed by atoms with Gasteiger partial charge < -0.3 is 5.11 Å². The number of allylic oxidation sites excluding steroid dienone is 4. The van der Waals surface area contributed by atoms with Crippen LogP contribution in [0.5, 0.6) is 0 Å². The third-order valence-electron chi connectivity index (χ3n) is 5.30. The second-order valence-corrected chi connectivity index (χ2v) is 6.47. The average molecular weight is 304 g/mol. The molecule has 1 heteroatoms. The molecule has 0 aromatic heterocycles. The highest BCUT2D eigenvalue weighted by molar-refractivity contribution is 5.81. The Morgan fingerprint density at radius 1 is 0.826 bits per heavy atom. The molecule has 1 aliphatic rings. The quantitative estimate of drug-likeness (QED) is 0.790. The smallest absolute Gasteiger partial charge is 0.105 e. The largest absolute Gasteiger partial charge is 0.384 e. The van der Waals surface area contributed by atoms with Crippen LogP contribution < -0.4 is 0 Å². The summed E-state index contributed by atoms with van der Waals surface area (Å²) >= 11 is 0. The molecule has 0 aliphatic heterocycles. The van der Waals surface area contributed by atoms with Crippen LogP contribution in [0.15, 0.2) is 71.3 Å². The fourth-order valence-electron chi connectivity index (χ4n) is 3.59. The Bertz CT molecular complexity index is 781. The van der Waals surface area contributed by atoms with Crippen molar-refractivity contribution in [2.75, 3.05) is 0 Å². The lowest BCUT2D eigenvalue weighted by Crippen LogP contribution is -2.06. The molecule has 2 aromatic carbocycles. The molecule has 1 aliphatic carbocycles. The zero-order valence-electron chi connectivity index (χ0n) is 14.3. The van der Waals surface area contributed by atoms with Gasteiger partial charge in [-0.3, -0.25) is 0 Å². The molecule has 23 heavy (non-hydrogen) atoms. The zero-order valence-corrected chi connectivity index (χ0v) is 14.3. The highest BCUT2D eigenvalue weighted by atomic mass is 16.3. The summed E-state index contributed by atoms with van der Waals surface area (Å²) in [5.41, 5.74) is 8.61. The minimum Gasteiger partial charge on any atom is -0.384 e. The van der Waals surface area contributed by atoms with Crippen molar-refractivity contribution in [3.05, 3.63) is 88.0 Å². The van der Waals surface area contributed by atoms with Crippen LogP contribution in [0.1, 0.15) is 50.5 Å². The molecule has 2 atom stereocenters. The van der Waals surface area contributed by atoms with Gasteiger partial charge in [-0.2, -0.15) is 0 Å². The molecule has 2 unspecified atom stereocenters. The van der Waals surface area contributed by atoms with Crippen molar-refractivity contribution in [2.24, 2.45) is 5.92 Å². The maximum Gasteiger partial charge on any atom is 0.105 e. The van der Waals surface area contributed by atoms with Crippen LogP contribution in [0, 0.1) is 5.92 Å². The van der Waals surface area contributed by atoms with E-state index in [1.54, 1.807) is 0 Å². The van der Waals surface area contributed by atoms with Gasteiger partial charge in [0.2, 0.25) is 0 Å². The van der Waals surface area contributed by atoms with Crippen molar-refractivity contribution in [1.82, 2.24) is 0 Å². The summed E-state index contributed by atoms with van der Waals surface area (Å²) in [5, 5.41) is 10.9. The molecule has 0 saturated heterocycles. The molecule has 118 valence electrons. The fourth-order valence-corrected chi connectivity index (χ4v) is 3.59. The van der Waals surface area contributed by atoms with Gasteiger partial charge in [-0.05, 0) is 54.2 Å². The maximum absolute atomic E-state index is 10.9. The Kier molecular flexibility index (Phi) is 4.23. The molecule has 3 rings (SSSR count). The van der Waals surface area contributed by atoms with Gasteiger partial charge in [0, 0.05) is 5.92 Å². The lowest BCUT2D eigenvalue weighted by atomic mass is 9.86. The van der Waals surface area contributed by atoms with Crippen LogP contribution in [0.3, 0.4) is 0 Å². The maximum atomic E-state index is 10.9. The topological polar surface area (TPSA) is 20.2 Å². The molecule has 0 spiro atoms. The van der Waals surface area contributed by atoms with E-state index >= 15 is 0 Å². The first-order valence-corrected chi connectivity index (χ1v) is 8.23. The van der Waals surface area contributed by atoms with Crippen LogP contribution in [-0.4, -0.2) is 5.11 Å². The minimum atomic E-state index is -0.596. The summed E-state index contributed by atoms with van der Waals surface area (Å²) in [6.45, 7) is 8.87. The number of rotatable bonds is 3. The number of hydrogen-bond donors (Lipinski definition) is 1. The van der Waals surface area contributed by atoms with Crippen LogP contribution >= 0.6 is 0 Å². The van der Waals surface area contributed by atoms with E-state index in [1.807, 2.05) is 42.5 Å². The summed E-state index contributed by atoms with van der Waals surface area (Å²) in [5.74, 6) is 0.402. The van der Waals surface area contributed by atoms with Crippen LogP contribution in [0.25, 0.3) is 5.57 Å². The standard InChI is InChI=1S/C22H24O/c1-14-15(2)17(4)21(16(14)3)19-12-8-9-13-20(19)22(23)18-10-6-5-7-11-18/h5-13,16,22-23H,1-4H3. The number of aliphatic hydroxyl groups excluding tert-OH is 1. The van der Waals surface area contributed by atoms with Crippen molar-refractivity contribution in [1.29, 1.82) is 0 Å². The highest BCUT2D eigenvalue weighted by Crippen LogP contribution is 2.44. The van der Waals surface area contributed by atoms with E-state index in [-0.39, 0.29) is 0 Å². The van der Waals surface area contributed by atoms with E-state index in [0.29, 0.717) is 5.92 Å². The molecular formula is C22H24O. The Labute approximate surface area is 139 Å². The van der Waals surface area contributed by atoms with E-state index in [4.69, 9.17) is 0 Å². The predicted molar refractivity (Wildman–Crippen MR) is 97.1 cm³/mol. The van der Waals surface area contributed by atoms with Gasteiger partial charge >= 0.3 is 0 Å². The van der Waals surface area contributed by atoms with Crippen molar-refractivity contribution >= 4 is 5.57 Å². The number of benzene rings is 2. The van der Waals surface area contributed by atoms with Crippen molar-refractivity contribution in [3.63, 3.8) is 0 Å². The fraction of sp³-hybridized carbons (Fsp3) is 0.273. The average Bonchev–Trinajstić information content (AvgIpc) is 2.78. The zero-order chi connectivity index (χ0) is 16.6. The summed E-state index contributed by atoms with van der Waals surface area (Å²) in [6.07, 6.45) is -0.596. The molecule has 0 heterocycles. The Morgan fingerprint density at radius 2 is 1.43 bits per heavy atom. The molecular weight excluding hydrogens is 280 g/mol. The summed E-state index contributed by atoms with van der Waals surface area (Å²) in [4.78, 5) is 0. The third kappa shape index (κ3) is 2.66. The molecule has 0 fully saturated rings. The predicted octanol–water partition coefficient (Wildman–Crippen LogP) is 5.53. The van der Waals surface area contributed by atoms with Crippen LogP contribution in [0.4, 0.5) is 0 Å². The van der Waals surface area contributed by atoms with E-state index in [2.05, 4.69) is 39.8 Å². The summed E-state index contributed by atoms with van der Waals surface area (Å²) in [7, 11) is 0. The first-order valence-electron chi connectivity index (χ1n) is 8.23. The van der Waals surface area contributed by atoms with E-state index < -0.39 is 6.10 Å². The first kappa shape index (κ1) is 15.8. The van der Waals surface area contributed by atoms with Crippen molar-refractivity contribution in [3.8, 4) is 0 Å². The lowest BCUT2D eigenvalue weighted by Gasteiger charge is -2.20. The van der Waals surface area contributed by atoms with Gasteiger partial charge in [0.15, 0.2) is 0 Å². The second kappa shape index (κ2) is 6.17. The van der Waals surface area contributed by atoms with Crippen molar-refractivity contribution < 1.29 is 5.11 Å². The summed E-state index contributed by atoms with van der Waals surface area (Å²) < 4.78 is 0. The van der Waals surface area contributed by atoms with E-state index in [0.717, 1.165) is 11.1 Å². The minimum absolute atomic E-state index is 0.402. The van der Waals surface area contributed by atoms with E-state index in [9.17, 15) is 5.11 Å². The Balaban J connectivity index is 2.10. The van der Waals surface area contributed by atoms with Gasteiger partial charge in [0.1, 0.15) is 6.10 Å². The van der Waals surface area contributed by atoms with Crippen molar-refractivity contribution in [2.45, 2.75) is 33.8 Å². The van der Waals surface area contributed by atoms with Gasteiger partial charge in [-0.15, -0.1) is 0 Å². The summed E-state index contributed by atoms with van der Waals surface area (Å²) in [6, 6.07) is 18.1. The number of hydrogen-bond acceptors (Lipinski definition) is 1. The Morgan fingerprint density at radius 3 is 2.04 bits per heavy atom. The third-order valence-corrected chi connectivity index (χ3v) is 5.30. The SMILES string of the molecule is CC1=C(C)C(C)C(c2ccccc2C(O)c2ccccc2)=C1C. The van der Waals surface area contributed by atoms with Crippen LogP contribution in [-0.2, 0) is 0 Å². The molecule has 0 radical (unpaired) electrons.